The van der Waals surface area contributed by atoms with Gasteiger partial charge in [-0.1, -0.05) is 36.4 Å². The Morgan fingerprint density at radius 2 is 1.92 bits per heavy atom. The highest BCUT2D eigenvalue weighted by Crippen LogP contribution is 2.07. The van der Waals surface area contributed by atoms with Crippen LogP contribution in [0.3, 0.4) is 0 Å². The second-order valence-electron chi connectivity index (χ2n) is 3.85. The molecule has 0 spiro atoms. The third kappa shape index (κ3) is 6.69. The molecular formula is C10H22INO. The monoisotopic (exact) mass is 299 g/mol. The van der Waals surface area contributed by atoms with E-state index in [9.17, 15) is 0 Å². The zero-order valence-electron chi connectivity index (χ0n) is 9.14. The molecule has 3 heteroatoms. The fourth-order valence-corrected chi connectivity index (χ4v) is 2.43. The van der Waals surface area contributed by atoms with Crippen LogP contribution in [0.2, 0.25) is 0 Å². The summed E-state index contributed by atoms with van der Waals surface area (Å²) in [7, 11) is 1.75. The molecule has 0 aromatic carbocycles. The van der Waals surface area contributed by atoms with Crippen molar-refractivity contribution in [1.82, 2.24) is 5.32 Å². The van der Waals surface area contributed by atoms with Crippen LogP contribution in [-0.2, 0) is 4.74 Å². The first-order chi connectivity index (χ1) is 6.11. The van der Waals surface area contributed by atoms with Crippen LogP contribution in [-0.4, -0.2) is 30.2 Å². The lowest BCUT2D eigenvalue weighted by atomic mass is 10.1. The minimum absolute atomic E-state index is 0.558. The van der Waals surface area contributed by atoms with Crippen molar-refractivity contribution < 1.29 is 4.74 Å². The number of nitrogens with one attached hydrogen (secondary N) is 1. The zero-order chi connectivity index (χ0) is 10.3. The molecule has 2 nitrogen and oxygen atoms in total. The van der Waals surface area contributed by atoms with Crippen molar-refractivity contribution >= 4 is 22.6 Å². The van der Waals surface area contributed by atoms with Crippen molar-refractivity contribution in [2.24, 2.45) is 5.92 Å². The number of ether oxygens (including phenoxy) is 1. The van der Waals surface area contributed by atoms with Crippen molar-refractivity contribution in [1.29, 1.82) is 0 Å². The summed E-state index contributed by atoms with van der Waals surface area (Å²) in [5, 5.41) is 3.61. The van der Waals surface area contributed by atoms with Gasteiger partial charge in [-0.2, -0.15) is 0 Å². The summed E-state index contributed by atoms with van der Waals surface area (Å²) in [5.41, 5.74) is 0. The Morgan fingerprint density at radius 1 is 1.31 bits per heavy atom. The molecule has 0 radical (unpaired) electrons. The van der Waals surface area contributed by atoms with Gasteiger partial charge in [0.25, 0.3) is 0 Å². The molecule has 0 saturated carbocycles. The number of hydrogen-bond acceptors (Lipinski definition) is 2. The largest absolute Gasteiger partial charge is 0.385 e. The van der Waals surface area contributed by atoms with E-state index < -0.39 is 0 Å². The molecule has 0 amide bonds. The topological polar surface area (TPSA) is 21.3 Å². The van der Waals surface area contributed by atoms with Gasteiger partial charge in [0.05, 0.1) is 0 Å². The van der Waals surface area contributed by atoms with Gasteiger partial charge in [-0.25, -0.2) is 0 Å². The quantitative estimate of drug-likeness (QED) is 0.576. The van der Waals surface area contributed by atoms with Crippen molar-refractivity contribution in [3.8, 4) is 0 Å². The second kappa shape index (κ2) is 8.00. The van der Waals surface area contributed by atoms with Crippen LogP contribution in [0.5, 0.6) is 0 Å². The van der Waals surface area contributed by atoms with Crippen molar-refractivity contribution in [2.75, 3.05) is 18.1 Å². The zero-order valence-corrected chi connectivity index (χ0v) is 11.3. The maximum absolute atomic E-state index is 5.05. The molecule has 1 N–H and O–H groups in total. The molecule has 0 bridgehead atoms. The lowest BCUT2D eigenvalue weighted by Crippen LogP contribution is -2.41. The number of alkyl halides is 1. The fraction of sp³-hybridized carbons (Fsp3) is 1.00. The van der Waals surface area contributed by atoms with E-state index in [2.05, 4.69) is 48.7 Å². The highest BCUT2D eigenvalue weighted by Gasteiger charge is 2.13. The fourth-order valence-electron chi connectivity index (χ4n) is 1.16. The Hall–Kier alpha value is 0.650. The molecule has 2 atom stereocenters. The van der Waals surface area contributed by atoms with Gasteiger partial charge in [0.15, 0.2) is 0 Å². The van der Waals surface area contributed by atoms with Gasteiger partial charge >= 0.3 is 0 Å². The predicted molar refractivity (Wildman–Crippen MR) is 66.6 cm³/mol. The van der Waals surface area contributed by atoms with E-state index in [1.54, 1.807) is 7.11 Å². The average Bonchev–Trinajstić information content (AvgIpc) is 2.10. The molecule has 0 saturated heterocycles. The van der Waals surface area contributed by atoms with Crippen LogP contribution in [0.25, 0.3) is 0 Å². The number of halogens is 1. The standard InChI is InChI=1S/C10H22INO/c1-8(2)10(7-11)12-9(3)5-6-13-4/h8-10,12H,5-7H2,1-4H3. The van der Waals surface area contributed by atoms with Gasteiger partial charge in [-0.05, 0) is 19.3 Å². The number of rotatable bonds is 7. The van der Waals surface area contributed by atoms with E-state index >= 15 is 0 Å². The first-order valence-corrected chi connectivity index (χ1v) is 6.45. The van der Waals surface area contributed by atoms with Crippen molar-refractivity contribution in [3.05, 3.63) is 0 Å². The summed E-state index contributed by atoms with van der Waals surface area (Å²) >= 11 is 2.44. The van der Waals surface area contributed by atoms with Crippen LogP contribution in [0.4, 0.5) is 0 Å². The molecule has 0 aliphatic heterocycles. The van der Waals surface area contributed by atoms with Gasteiger partial charge in [0, 0.05) is 30.2 Å². The molecule has 0 fully saturated rings. The third-order valence-electron chi connectivity index (χ3n) is 2.22. The molecule has 80 valence electrons. The average molecular weight is 299 g/mol. The first-order valence-electron chi connectivity index (χ1n) is 4.92. The predicted octanol–water partition coefficient (Wildman–Crippen LogP) is 2.46. The normalized spacial score (nSPS) is 16.2. The maximum Gasteiger partial charge on any atom is 0.0476 e. The lowest BCUT2D eigenvalue weighted by Gasteiger charge is -2.24. The first kappa shape index (κ1) is 13.7. The molecule has 0 aromatic heterocycles. The van der Waals surface area contributed by atoms with Crippen LogP contribution in [0.1, 0.15) is 27.2 Å². The Kier molecular flexibility index (Phi) is 8.40. The molecule has 0 aliphatic rings. The summed E-state index contributed by atoms with van der Waals surface area (Å²) in [4.78, 5) is 0. The molecular weight excluding hydrogens is 277 g/mol. The highest BCUT2D eigenvalue weighted by atomic mass is 127. The summed E-state index contributed by atoms with van der Waals surface area (Å²) < 4.78 is 6.22. The molecule has 0 aromatic rings. The van der Waals surface area contributed by atoms with E-state index in [4.69, 9.17) is 4.74 Å². The van der Waals surface area contributed by atoms with Gasteiger partial charge in [0.1, 0.15) is 0 Å². The van der Waals surface area contributed by atoms with Gasteiger partial charge in [0.2, 0.25) is 0 Å². The molecule has 0 rings (SSSR count). The summed E-state index contributed by atoms with van der Waals surface area (Å²) in [6.45, 7) is 7.60. The maximum atomic E-state index is 5.05. The SMILES string of the molecule is COCCC(C)NC(CI)C(C)C. The van der Waals surface area contributed by atoms with Crippen molar-refractivity contribution in [2.45, 2.75) is 39.3 Å². The summed E-state index contributed by atoms with van der Waals surface area (Å²) in [6.07, 6.45) is 1.09. The van der Waals surface area contributed by atoms with E-state index in [-0.39, 0.29) is 0 Å². The summed E-state index contributed by atoms with van der Waals surface area (Å²) in [5.74, 6) is 0.710. The van der Waals surface area contributed by atoms with E-state index in [1.807, 2.05) is 0 Å². The van der Waals surface area contributed by atoms with Crippen LogP contribution < -0.4 is 5.32 Å². The second-order valence-corrected chi connectivity index (χ2v) is 4.73. The van der Waals surface area contributed by atoms with Gasteiger partial charge in [-0.15, -0.1) is 0 Å². The van der Waals surface area contributed by atoms with Crippen molar-refractivity contribution in [3.63, 3.8) is 0 Å². The lowest BCUT2D eigenvalue weighted by molar-refractivity contribution is 0.181. The van der Waals surface area contributed by atoms with E-state index in [1.165, 1.54) is 4.43 Å². The summed E-state index contributed by atoms with van der Waals surface area (Å²) in [6, 6.07) is 1.19. The molecule has 13 heavy (non-hydrogen) atoms. The Balaban J connectivity index is 3.66. The van der Waals surface area contributed by atoms with Crippen LogP contribution in [0.15, 0.2) is 0 Å². The molecule has 2 unspecified atom stereocenters. The molecule has 0 aliphatic carbocycles. The van der Waals surface area contributed by atoms with Gasteiger partial charge < -0.3 is 10.1 Å². The number of methoxy groups -OCH3 is 1. The van der Waals surface area contributed by atoms with E-state index in [0.717, 1.165) is 13.0 Å². The number of hydrogen-bond donors (Lipinski definition) is 1. The molecule has 0 heterocycles. The van der Waals surface area contributed by atoms with Gasteiger partial charge in [-0.3, -0.25) is 0 Å². The minimum atomic E-state index is 0.558. The van der Waals surface area contributed by atoms with E-state index in [0.29, 0.717) is 18.0 Å². The Morgan fingerprint density at radius 3 is 2.31 bits per heavy atom. The smallest absolute Gasteiger partial charge is 0.0476 e. The van der Waals surface area contributed by atoms with Crippen LogP contribution in [0, 0.1) is 5.92 Å². The Bertz CT molecular complexity index is 119. The van der Waals surface area contributed by atoms with Crippen LogP contribution >= 0.6 is 22.6 Å². The highest BCUT2D eigenvalue weighted by molar-refractivity contribution is 14.1. The minimum Gasteiger partial charge on any atom is -0.385 e. The third-order valence-corrected chi connectivity index (χ3v) is 3.17. The Labute approximate surface area is 95.9 Å².